The third-order valence-electron chi connectivity index (χ3n) is 6.68. The fraction of sp³-hybridized carbons (Fsp3) is 0.440. The monoisotopic (exact) mass is 435 g/mol. The molecule has 0 unspecified atom stereocenters. The molecule has 1 spiro atoms. The lowest BCUT2D eigenvalue weighted by molar-refractivity contribution is -0.150. The highest BCUT2D eigenvalue weighted by molar-refractivity contribution is 5.86. The number of carbonyl (C=O) groups is 1. The molecule has 2 saturated heterocycles. The maximum atomic E-state index is 13.6. The number of nitrogens with two attached hydrogens (primary N) is 1. The highest BCUT2D eigenvalue weighted by Gasteiger charge is 2.45. The maximum absolute atomic E-state index is 13.6. The number of aliphatic imine (C=N–C) groups is 1. The van der Waals surface area contributed by atoms with Crippen LogP contribution in [0.1, 0.15) is 38.2 Å². The summed E-state index contributed by atoms with van der Waals surface area (Å²) in [7, 11) is 0. The van der Waals surface area contributed by atoms with Crippen LogP contribution in [0.15, 0.2) is 60.1 Å². The first-order chi connectivity index (χ1) is 15.6. The van der Waals surface area contributed by atoms with Crippen LogP contribution in [-0.4, -0.2) is 52.9 Å². The van der Waals surface area contributed by atoms with Gasteiger partial charge in [-0.1, -0.05) is 30.9 Å². The van der Waals surface area contributed by atoms with Crippen molar-refractivity contribution < 1.29 is 9.53 Å². The summed E-state index contributed by atoms with van der Waals surface area (Å²) in [4.78, 5) is 25.4. The first-order valence-corrected chi connectivity index (χ1v) is 11.5. The lowest BCUT2D eigenvalue weighted by Gasteiger charge is -2.46. The van der Waals surface area contributed by atoms with E-state index in [1.54, 1.807) is 12.2 Å². The van der Waals surface area contributed by atoms with Gasteiger partial charge in [-0.2, -0.15) is 4.99 Å². The number of fused-ring (bicyclic) bond motifs is 1. The zero-order valence-corrected chi connectivity index (χ0v) is 18.8. The number of likely N-dealkylation sites (tertiary alicyclic amines) is 2. The van der Waals surface area contributed by atoms with E-state index >= 15 is 0 Å². The summed E-state index contributed by atoms with van der Waals surface area (Å²) in [5, 5.41) is 1.19. The van der Waals surface area contributed by atoms with Gasteiger partial charge in [-0.3, -0.25) is 4.79 Å². The van der Waals surface area contributed by atoms with Crippen LogP contribution in [0.25, 0.3) is 10.9 Å². The lowest BCUT2D eigenvalue weighted by Crippen LogP contribution is -2.55. The van der Waals surface area contributed by atoms with Crippen LogP contribution < -0.4 is 5.73 Å². The van der Waals surface area contributed by atoms with Crippen molar-refractivity contribution in [3.8, 4) is 0 Å². The van der Waals surface area contributed by atoms with Crippen molar-refractivity contribution in [1.29, 1.82) is 0 Å². The number of benzene rings is 1. The number of carbonyl (C=O) groups excluding carboxylic acids is 1. The van der Waals surface area contributed by atoms with Gasteiger partial charge in [0, 0.05) is 43.3 Å². The minimum atomic E-state index is -0.291. The van der Waals surface area contributed by atoms with E-state index in [0.717, 1.165) is 50.8 Å². The van der Waals surface area contributed by atoms with Crippen LogP contribution in [-0.2, 0) is 16.1 Å². The van der Waals surface area contributed by atoms with Crippen LogP contribution in [0, 0.1) is 5.41 Å². The third kappa shape index (κ3) is 4.38. The summed E-state index contributed by atoms with van der Waals surface area (Å²) < 4.78 is 5.50. The lowest BCUT2D eigenvalue weighted by atomic mass is 9.71. The van der Waals surface area contributed by atoms with Crippen LogP contribution >= 0.6 is 0 Å². The van der Waals surface area contributed by atoms with Gasteiger partial charge in [0.05, 0.1) is 12.0 Å². The van der Waals surface area contributed by atoms with Gasteiger partial charge in [-0.25, -0.2) is 0 Å². The molecular formula is C25H33N5O2. The van der Waals surface area contributed by atoms with Gasteiger partial charge in [0.15, 0.2) is 5.96 Å². The van der Waals surface area contributed by atoms with E-state index in [1.165, 1.54) is 10.9 Å². The van der Waals surface area contributed by atoms with Gasteiger partial charge in [0.2, 0.25) is 11.8 Å². The number of para-hydroxylation sites is 1. The number of guanidine groups is 1. The second kappa shape index (κ2) is 9.51. The quantitative estimate of drug-likeness (QED) is 0.313. The molecule has 1 aromatic heterocycles. The van der Waals surface area contributed by atoms with Crippen LogP contribution in [0.4, 0.5) is 0 Å². The minimum absolute atomic E-state index is 0.283. The SMILES string of the molecule is C=C/C=C(\N=C(/N)N1CCC2(CCCN(Cc3c[nH]c4ccccc34)C2=O)CC1)OCC. The number of aromatic amines is 1. The zero-order valence-electron chi connectivity index (χ0n) is 18.8. The van der Waals surface area contributed by atoms with Crippen LogP contribution in [0.3, 0.4) is 0 Å². The predicted octanol–water partition coefficient (Wildman–Crippen LogP) is 3.75. The second-order valence-electron chi connectivity index (χ2n) is 8.60. The molecule has 0 radical (unpaired) electrons. The van der Waals surface area contributed by atoms with E-state index in [0.29, 0.717) is 25.0 Å². The van der Waals surface area contributed by atoms with Crippen molar-refractivity contribution in [2.45, 2.75) is 39.2 Å². The largest absolute Gasteiger partial charge is 0.478 e. The Kier molecular flexibility index (Phi) is 6.53. The number of amides is 1. The summed E-state index contributed by atoms with van der Waals surface area (Å²) in [5.41, 5.74) is 8.25. The van der Waals surface area contributed by atoms with E-state index in [4.69, 9.17) is 10.5 Å². The fourth-order valence-electron chi connectivity index (χ4n) is 4.95. The van der Waals surface area contributed by atoms with Crippen LogP contribution in [0.5, 0.6) is 0 Å². The fourth-order valence-corrected chi connectivity index (χ4v) is 4.95. The molecule has 0 saturated carbocycles. The van der Waals surface area contributed by atoms with Crippen molar-refractivity contribution in [1.82, 2.24) is 14.8 Å². The molecule has 4 rings (SSSR count). The van der Waals surface area contributed by atoms with Gasteiger partial charge < -0.3 is 25.3 Å². The molecule has 2 aliphatic heterocycles. The average Bonchev–Trinajstić information content (AvgIpc) is 3.21. The molecule has 3 heterocycles. The molecule has 3 N–H and O–H groups in total. The number of H-pyrrole nitrogens is 1. The molecule has 2 fully saturated rings. The zero-order chi connectivity index (χ0) is 22.6. The molecule has 2 aromatic rings. The topological polar surface area (TPSA) is 87.0 Å². The standard InChI is InChI=1S/C25H33N5O2/c1-3-8-22(32-4-2)28-24(26)29-15-12-25(13-16-29)11-7-14-30(23(25)31)18-19-17-27-21-10-6-5-9-20(19)21/h3,5-6,8-10,17,27H,1,4,7,11-16,18H2,2H3,(H2,26,28)/b22-8+. The van der Waals surface area contributed by atoms with Crippen molar-refractivity contribution in [2.24, 2.45) is 16.1 Å². The molecule has 170 valence electrons. The van der Waals surface area contributed by atoms with Crippen molar-refractivity contribution >= 4 is 22.8 Å². The Bertz CT molecular complexity index is 1030. The summed E-state index contributed by atoms with van der Waals surface area (Å²) in [5.74, 6) is 1.17. The number of aromatic nitrogens is 1. The Hall–Kier alpha value is -3.22. The van der Waals surface area contributed by atoms with E-state index < -0.39 is 0 Å². The normalized spacial score (nSPS) is 19.6. The van der Waals surface area contributed by atoms with Crippen LogP contribution in [0.2, 0.25) is 0 Å². The summed E-state index contributed by atoms with van der Waals surface area (Å²) in [6.45, 7) is 9.02. The van der Waals surface area contributed by atoms with E-state index in [9.17, 15) is 4.79 Å². The number of hydrogen-bond donors (Lipinski definition) is 2. The van der Waals surface area contributed by atoms with E-state index in [-0.39, 0.29) is 11.3 Å². The molecule has 2 aliphatic rings. The number of ether oxygens (including phenoxy) is 1. The number of allylic oxidation sites excluding steroid dienone is 2. The van der Waals surface area contributed by atoms with Gasteiger partial charge in [-0.05, 0) is 50.3 Å². The van der Waals surface area contributed by atoms with Gasteiger partial charge >= 0.3 is 0 Å². The minimum Gasteiger partial charge on any atom is -0.478 e. The Morgan fingerprint density at radius 2 is 2.06 bits per heavy atom. The summed E-state index contributed by atoms with van der Waals surface area (Å²) in [6.07, 6.45) is 8.94. The number of rotatable bonds is 6. The molecule has 0 aliphatic carbocycles. The Morgan fingerprint density at radius 1 is 1.28 bits per heavy atom. The Balaban J connectivity index is 1.43. The van der Waals surface area contributed by atoms with Gasteiger partial charge in [0.25, 0.3) is 0 Å². The highest BCUT2D eigenvalue weighted by atomic mass is 16.5. The number of piperidine rings is 2. The van der Waals surface area contributed by atoms with E-state index in [2.05, 4.69) is 28.7 Å². The Morgan fingerprint density at radius 3 is 2.81 bits per heavy atom. The molecule has 7 nitrogen and oxygen atoms in total. The average molecular weight is 436 g/mol. The second-order valence-corrected chi connectivity index (χ2v) is 8.60. The number of nitrogens with one attached hydrogen (secondary N) is 1. The molecule has 32 heavy (non-hydrogen) atoms. The Labute approximate surface area is 189 Å². The van der Waals surface area contributed by atoms with Crippen molar-refractivity contribution in [3.63, 3.8) is 0 Å². The maximum Gasteiger partial charge on any atom is 0.229 e. The van der Waals surface area contributed by atoms with Gasteiger partial charge in [0.1, 0.15) is 0 Å². The molecule has 7 heteroatoms. The van der Waals surface area contributed by atoms with Crippen molar-refractivity contribution in [2.75, 3.05) is 26.2 Å². The highest BCUT2D eigenvalue weighted by Crippen LogP contribution is 2.41. The molecule has 0 atom stereocenters. The molecular weight excluding hydrogens is 402 g/mol. The first-order valence-electron chi connectivity index (χ1n) is 11.5. The summed E-state index contributed by atoms with van der Waals surface area (Å²) in [6, 6.07) is 8.25. The molecule has 0 bridgehead atoms. The number of nitrogens with zero attached hydrogens (tertiary/aromatic N) is 3. The third-order valence-corrected chi connectivity index (χ3v) is 6.68. The smallest absolute Gasteiger partial charge is 0.229 e. The first kappa shape index (κ1) is 22.0. The van der Waals surface area contributed by atoms with Gasteiger partial charge in [-0.15, -0.1) is 0 Å². The summed E-state index contributed by atoms with van der Waals surface area (Å²) >= 11 is 0. The number of hydrogen-bond acceptors (Lipinski definition) is 3. The van der Waals surface area contributed by atoms with Crippen molar-refractivity contribution in [3.05, 3.63) is 60.6 Å². The molecule has 1 aromatic carbocycles. The van der Waals surface area contributed by atoms with E-state index in [1.807, 2.05) is 35.1 Å². The molecule has 1 amide bonds. The predicted molar refractivity (Wildman–Crippen MR) is 128 cm³/mol.